The molecule has 8 heteroatoms. The van der Waals surface area contributed by atoms with Crippen molar-refractivity contribution >= 4 is 29.9 Å². The van der Waals surface area contributed by atoms with Crippen molar-refractivity contribution in [3.05, 3.63) is 48.5 Å². The number of nitrogens with zero attached hydrogens (tertiary/aromatic N) is 3. The maximum absolute atomic E-state index is 13.1. The molecule has 6 nitrogen and oxygen atoms in total. The fraction of sp³-hybridized carbons (Fsp3) is 0.412. The molecule has 138 valence electrons. The van der Waals surface area contributed by atoms with Gasteiger partial charge in [-0.05, 0) is 31.5 Å². The van der Waals surface area contributed by atoms with E-state index in [1.165, 1.54) is 12.1 Å². The molecule has 1 aromatic carbocycles. The van der Waals surface area contributed by atoms with Crippen LogP contribution in [0.3, 0.4) is 0 Å². The van der Waals surface area contributed by atoms with Crippen LogP contribution >= 0.6 is 24.0 Å². The fourth-order valence-corrected chi connectivity index (χ4v) is 2.16. The molecule has 0 saturated heterocycles. The summed E-state index contributed by atoms with van der Waals surface area (Å²) in [7, 11) is 1.72. The molecule has 0 radical (unpaired) electrons. The molecular weight excluding hydrogens is 436 g/mol. The molecule has 1 aromatic heterocycles. The van der Waals surface area contributed by atoms with Gasteiger partial charge in [0, 0.05) is 38.6 Å². The van der Waals surface area contributed by atoms with E-state index in [1.54, 1.807) is 25.4 Å². The molecule has 0 aliphatic rings. The van der Waals surface area contributed by atoms with Gasteiger partial charge in [0.1, 0.15) is 17.7 Å². The fourth-order valence-electron chi connectivity index (χ4n) is 2.16. The highest BCUT2D eigenvalue weighted by molar-refractivity contribution is 14.0. The smallest absolute Gasteiger partial charge is 0.191 e. The average Bonchev–Trinajstić information content (AvgIpc) is 3.07. The third kappa shape index (κ3) is 8.19. The van der Waals surface area contributed by atoms with Crippen LogP contribution in [-0.4, -0.2) is 42.0 Å². The molecule has 0 fully saturated rings. The summed E-state index contributed by atoms with van der Waals surface area (Å²) in [4.78, 5) is 4.17. The highest BCUT2D eigenvalue weighted by atomic mass is 127. The van der Waals surface area contributed by atoms with Gasteiger partial charge in [-0.25, -0.2) is 4.39 Å². The first kappa shape index (κ1) is 21.2. The van der Waals surface area contributed by atoms with Crippen LogP contribution in [0.4, 0.5) is 4.39 Å². The van der Waals surface area contributed by atoms with Gasteiger partial charge in [0.25, 0.3) is 0 Å². The standard InChI is InChI=1S/C17H24FN5O.HI/c1-14(24-16-7-3-6-15(18)12-16)13-21-17(19-2)20-8-4-10-23-11-5-9-22-23;/h3,5-7,9,11-12,14H,4,8,10,13H2,1-2H3,(H2,19,20,21);1H. The number of aromatic nitrogens is 2. The Labute approximate surface area is 164 Å². The number of aryl methyl sites for hydroxylation is 1. The highest BCUT2D eigenvalue weighted by Crippen LogP contribution is 2.13. The lowest BCUT2D eigenvalue weighted by Gasteiger charge is -2.17. The van der Waals surface area contributed by atoms with E-state index in [1.807, 2.05) is 23.9 Å². The van der Waals surface area contributed by atoms with Crippen molar-refractivity contribution in [1.29, 1.82) is 0 Å². The maximum atomic E-state index is 13.1. The van der Waals surface area contributed by atoms with E-state index in [0.717, 1.165) is 19.5 Å². The van der Waals surface area contributed by atoms with Crippen LogP contribution in [0.25, 0.3) is 0 Å². The molecule has 0 aliphatic carbocycles. The molecule has 2 aromatic rings. The monoisotopic (exact) mass is 461 g/mol. The molecule has 0 bridgehead atoms. The SMILES string of the molecule is CN=C(NCCCn1cccn1)NCC(C)Oc1cccc(F)c1.I. The zero-order valence-electron chi connectivity index (χ0n) is 14.5. The Morgan fingerprint density at radius 3 is 2.88 bits per heavy atom. The van der Waals surface area contributed by atoms with Crippen LogP contribution in [0.1, 0.15) is 13.3 Å². The summed E-state index contributed by atoms with van der Waals surface area (Å²) < 4.78 is 20.7. The van der Waals surface area contributed by atoms with Crippen molar-refractivity contribution in [1.82, 2.24) is 20.4 Å². The Hall–Kier alpha value is -1.84. The Balaban J connectivity index is 0.00000312. The van der Waals surface area contributed by atoms with Crippen LogP contribution in [0.2, 0.25) is 0 Å². The Kier molecular flexibility index (Phi) is 9.90. The summed E-state index contributed by atoms with van der Waals surface area (Å²) in [6.07, 6.45) is 4.54. The van der Waals surface area contributed by atoms with Crippen LogP contribution in [0.5, 0.6) is 5.75 Å². The number of hydrogen-bond acceptors (Lipinski definition) is 3. The quantitative estimate of drug-likeness (QED) is 0.275. The first-order valence-corrected chi connectivity index (χ1v) is 8.01. The summed E-state index contributed by atoms with van der Waals surface area (Å²) in [5.41, 5.74) is 0. The summed E-state index contributed by atoms with van der Waals surface area (Å²) in [5, 5.41) is 10.6. The Morgan fingerprint density at radius 1 is 1.36 bits per heavy atom. The van der Waals surface area contributed by atoms with Gasteiger partial charge in [-0.3, -0.25) is 9.67 Å². The largest absolute Gasteiger partial charge is 0.489 e. The van der Waals surface area contributed by atoms with Crippen molar-refractivity contribution in [2.75, 3.05) is 20.1 Å². The van der Waals surface area contributed by atoms with Gasteiger partial charge in [-0.2, -0.15) is 5.10 Å². The van der Waals surface area contributed by atoms with Crippen LogP contribution in [0.15, 0.2) is 47.7 Å². The van der Waals surface area contributed by atoms with E-state index in [9.17, 15) is 4.39 Å². The minimum Gasteiger partial charge on any atom is -0.489 e. The molecule has 0 spiro atoms. The average molecular weight is 461 g/mol. The summed E-state index contributed by atoms with van der Waals surface area (Å²) >= 11 is 0. The molecule has 25 heavy (non-hydrogen) atoms. The van der Waals surface area contributed by atoms with Crippen molar-refractivity contribution in [2.24, 2.45) is 4.99 Å². The van der Waals surface area contributed by atoms with Crippen LogP contribution < -0.4 is 15.4 Å². The van der Waals surface area contributed by atoms with E-state index < -0.39 is 0 Å². The van der Waals surface area contributed by atoms with Crippen molar-refractivity contribution < 1.29 is 9.13 Å². The first-order valence-electron chi connectivity index (χ1n) is 8.01. The number of halogens is 2. The van der Waals surface area contributed by atoms with Crippen LogP contribution in [0, 0.1) is 5.82 Å². The number of hydrogen-bond donors (Lipinski definition) is 2. The molecule has 1 heterocycles. The molecule has 1 unspecified atom stereocenters. The van der Waals surface area contributed by atoms with E-state index in [0.29, 0.717) is 18.3 Å². The van der Waals surface area contributed by atoms with E-state index in [2.05, 4.69) is 20.7 Å². The molecule has 1 atom stereocenters. The van der Waals surface area contributed by atoms with E-state index in [4.69, 9.17) is 4.74 Å². The number of rotatable bonds is 8. The van der Waals surface area contributed by atoms with E-state index >= 15 is 0 Å². The van der Waals surface area contributed by atoms with Gasteiger partial charge < -0.3 is 15.4 Å². The minimum absolute atomic E-state index is 0. The van der Waals surface area contributed by atoms with Crippen molar-refractivity contribution in [2.45, 2.75) is 26.0 Å². The predicted octanol–water partition coefficient (Wildman–Crippen LogP) is 2.66. The number of aliphatic imine (C=N–C) groups is 1. The van der Waals surface area contributed by atoms with Crippen LogP contribution in [-0.2, 0) is 6.54 Å². The lowest BCUT2D eigenvalue weighted by molar-refractivity contribution is 0.223. The summed E-state index contributed by atoms with van der Waals surface area (Å²) in [6.45, 7) is 4.13. The number of guanidine groups is 1. The van der Waals surface area contributed by atoms with Gasteiger partial charge >= 0.3 is 0 Å². The molecule has 0 saturated carbocycles. The second-order valence-corrected chi connectivity index (χ2v) is 5.39. The Bertz CT molecular complexity index is 636. The molecular formula is C17H25FIN5O. The second-order valence-electron chi connectivity index (χ2n) is 5.39. The van der Waals surface area contributed by atoms with Crippen molar-refractivity contribution in [3.63, 3.8) is 0 Å². The second kappa shape index (κ2) is 11.7. The number of benzene rings is 1. The summed E-state index contributed by atoms with van der Waals surface area (Å²) in [6, 6.07) is 8.05. The zero-order valence-corrected chi connectivity index (χ0v) is 16.8. The van der Waals surface area contributed by atoms with Gasteiger partial charge in [0.15, 0.2) is 5.96 Å². The highest BCUT2D eigenvalue weighted by Gasteiger charge is 2.06. The van der Waals surface area contributed by atoms with Gasteiger partial charge in [0.05, 0.1) is 6.54 Å². The lowest BCUT2D eigenvalue weighted by atomic mass is 10.3. The molecule has 2 rings (SSSR count). The molecule has 2 N–H and O–H groups in total. The molecule has 0 amide bonds. The minimum atomic E-state index is -0.303. The predicted molar refractivity (Wildman–Crippen MR) is 108 cm³/mol. The number of ether oxygens (including phenoxy) is 1. The Morgan fingerprint density at radius 2 is 2.20 bits per heavy atom. The summed E-state index contributed by atoms with van der Waals surface area (Å²) in [5.74, 6) is 0.930. The number of nitrogens with one attached hydrogen (secondary N) is 2. The lowest BCUT2D eigenvalue weighted by Crippen LogP contribution is -2.42. The normalized spacial score (nSPS) is 12.2. The van der Waals surface area contributed by atoms with Gasteiger partial charge in [0.2, 0.25) is 0 Å². The third-order valence-electron chi connectivity index (χ3n) is 3.33. The maximum Gasteiger partial charge on any atom is 0.191 e. The topological polar surface area (TPSA) is 63.5 Å². The first-order chi connectivity index (χ1) is 11.7. The van der Waals surface area contributed by atoms with Gasteiger partial charge in [-0.1, -0.05) is 6.07 Å². The van der Waals surface area contributed by atoms with E-state index in [-0.39, 0.29) is 35.9 Å². The van der Waals surface area contributed by atoms with Gasteiger partial charge in [-0.15, -0.1) is 24.0 Å². The third-order valence-corrected chi connectivity index (χ3v) is 3.33. The molecule has 0 aliphatic heterocycles. The zero-order chi connectivity index (χ0) is 17.2. The van der Waals surface area contributed by atoms with Crippen molar-refractivity contribution in [3.8, 4) is 5.75 Å².